The summed E-state index contributed by atoms with van der Waals surface area (Å²) in [6, 6.07) is 8.59. The molecule has 1 aliphatic rings. The van der Waals surface area contributed by atoms with Crippen LogP contribution in [0.3, 0.4) is 0 Å². The molecule has 6 heteroatoms. The van der Waals surface area contributed by atoms with Crippen LogP contribution < -0.4 is 5.32 Å². The topological polar surface area (TPSA) is 50.3 Å². The zero-order chi connectivity index (χ0) is 16.1. The molecule has 1 saturated heterocycles. The van der Waals surface area contributed by atoms with E-state index >= 15 is 0 Å². The van der Waals surface area contributed by atoms with Crippen LogP contribution in [0, 0.1) is 0 Å². The van der Waals surface area contributed by atoms with Crippen LogP contribution in [-0.4, -0.2) is 40.7 Å². The molecule has 1 aliphatic heterocycles. The summed E-state index contributed by atoms with van der Waals surface area (Å²) in [6.07, 6.45) is 3.39. The van der Waals surface area contributed by atoms with Crippen LogP contribution in [0.5, 0.6) is 0 Å². The number of halogens is 1. The highest BCUT2D eigenvalue weighted by atomic mass is 35.5. The minimum Gasteiger partial charge on any atom is -0.376 e. The number of benzene rings is 1. The van der Waals surface area contributed by atoms with E-state index in [9.17, 15) is 0 Å². The minimum absolute atomic E-state index is 0.313. The maximum Gasteiger partial charge on any atom is 0.148 e. The van der Waals surface area contributed by atoms with E-state index < -0.39 is 0 Å². The van der Waals surface area contributed by atoms with Crippen LogP contribution >= 0.6 is 11.6 Å². The van der Waals surface area contributed by atoms with Gasteiger partial charge < -0.3 is 10.1 Å². The van der Waals surface area contributed by atoms with Crippen molar-refractivity contribution in [1.82, 2.24) is 14.9 Å². The highest BCUT2D eigenvalue weighted by Gasteiger charge is 2.16. The molecule has 1 fully saturated rings. The largest absolute Gasteiger partial charge is 0.376 e. The van der Waals surface area contributed by atoms with Crippen molar-refractivity contribution < 1.29 is 4.74 Å². The summed E-state index contributed by atoms with van der Waals surface area (Å²) in [7, 11) is 0. The van der Waals surface area contributed by atoms with Crippen molar-refractivity contribution in [2.45, 2.75) is 26.1 Å². The van der Waals surface area contributed by atoms with Crippen LogP contribution in [0.25, 0.3) is 0 Å². The summed E-state index contributed by atoms with van der Waals surface area (Å²) in [6.45, 7) is 6.55. The van der Waals surface area contributed by atoms with E-state index in [0.29, 0.717) is 23.5 Å². The van der Waals surface area contributed by atoms with Crippen molar-refractivity contribution in [2.24, 2.45) is 0 Å². The molecule has 0 amide bonds. The number of hydrogen-bond acceptors (Lipinski definition) is 5. The average molecular weight is 333 g/mol. The number of nitrogens with zero attached hydrogens (tertiary/aromatic N) is 3. The van der Waals surface area contributed by atoms with Crippen LogP contribution in [0.2, 0.25) is 5.02 Å². The lowest BCUT2D eigenvalue weighted by Gasteiger charge is -2.31. The number of rotatable bonds is 5. The monoisotopic (exact) mass is 332 g/mol. The number of aromatic nitrogens is 2. The van der Waals surface area contributed by atoms with Crippen molar-refractivity contribution in [3.63, 3.8) is 0 Å². The second-order valence-corrected chi connectivity index (χ2v) is 6.22. The van der Waals surface area contributed by atoms with Crippen LogP contribution in [-0.2, 0) is 17.8 Å². The van der Waals surface area contributed by atoms with Gasteiger partial charge in [0.05, 0.1) is 18.9 Å². The third kappa shape index (κ3) is 4.64. The molecule has 0 bridgehead atoms. The quantitative estimate of drug-likeness (QED) is 0.912. The molecule has 23 heavy (non-hydrogen) atoms. The molecule has 2 aromatic rings. The Morgan fingerprint density at radius 1 is 1.39 bits per heavy atom. The molecule has 0 saturated carbocycles. The number of anilines is 1. The number of hydrogen-bond donors (Lipinski definition) is 1. The summed E-state index contributed by atoms with van der Waals surface area (Å²) in [5.41, 5.74) is 2.52. The lowest BCUT2D eigenvalue weighted by Crippen LogP contribution is -2.40. The number of nitrogens with one attached hydrogen (secondary N) is 1. The maximum atomic E-state index is 6.06. The molecule has 1 N–H and O–H groups in total. The highest BCUT2D eigenvalue weighted by Crippen LogP contribution is 2.18. The molecule has 1 aromatic carbocycles. The van der Waals surface area contributed by atoms with Gasteiger partial charge in [-0.2, -0.15) is 0 Å². The van der Waals surface area contributed by atoms with E-state index in [1.807, 2.05) is 0 Å². The molecule has 3 rings (SSSR count). The fourth-order valence-corrected chi connectivity index (χ4v) is 2.93. The average Bonchev–Trinajstić information content (AvgIpc) is 2.54. The first-order valence-corrected chi connectivity index (χ1v) is 8.19. The first kappa shape index (κ1) is 16.2. The third-order valence-electron chi connectivity index (χ3n) is 3.85. The zero-order valence-electron chi connectivity index (χ0n) is 13.2. The Balaban J connectivity index is 1.60. The van der Waals surface area contributed by atoms with Crippen molar-refractivity contribution in [3.05, 3.63) is 52.9 Å². The Hall–Kier alpha value is -1.69. The fraction of sp³-hybridized carbons (Fsp3) is 0.412. The second-order valence-electron chi connectivity index (χ2n) is 5.81. The Labute approximate surface area is 141 Å². The van der Waals surface area contributed by atoms with Gasteiger partial charge in [0, 0.05) is 26.2 Å². The van der Waals surface area contributed by atoms with Crippen molar-refractivity contribution in [3.8, 4) is 0 Å². The van der Waals surface area contributed by atoms with E-state index in [4.69, 9.17) is 16.3 Å². The molecule has 0 spiro atoms. The van der Waals surface area contributed by atoms with Gasteiger partial charge in [0.1, 0.15) is 17.2 Å². The van der Waals surface area contributed by atoms with Crippen LogP contribution in [0.1, 0.15) is 18.1 Å². The summed E-state index contributed by atoms with van der Waals surface area (Å²) >= 11 is 6.06. The summed E-state index contributed by atoms with van der Waals surface area (Å²) in [5.74, 6) is 0.661. The van der Waals surface area contributed by atoms with Gasteiger partial charge in [0.25, 0.3) is 0 Å². The zero-order valence-corrected chi connectivity index (χ0v) is 14.0. The van der Waals surface area contributed by atoms with Crippen LogP contribution in [0.15, 0.2) is 36.8 Å². The summed E-state index contributed by atoms with van der Waals surface area (Å²) < 4.78 is 5.59. The van der Waals surface area contributed by atoms with E-state index in [1.54, 1.807) is 6.20 Å². The van der Waals surface area contributed by atoms with Crippen LogP contribution in [0.4, 0.5) is 5.82 Å². The molecule has 1 aromatic heterocycles. The number of morpholine rings is 1. The fourth-order valence-electron chi connectivity index (χ4n) is 2.76. The van der Waals surface area contributed by atoms with Gasteiger partial charge in [-0.05, 0) is 18.1 Å². The second kappa shape index (κ2) is 7.73. The van der Waals surface area contributed by atoms with Gasteiger partial charge in [-0.15, -0.1) is 0 Å². The molecular weight excluding hydrogens is 312 g/mol. The molecule has 0 radical (unpaired) electrons. The Bertz CT molecular complexity index is 652. The summed E-state index contributed by atoms with van der Waals surface area (Å²) in [4.78, 5) is 10.5. The van der Waals surface area contributed by atoms with Gasteiger partial charge in [0.15, 0.2) is 0 Å². The van der Waals surface area contributed by atoms with Gasteiger partial charge in [0.2, 0.25) is 0 Å². The lowest BCUT2D eigenvalue weighted by molar-refractivity contribution is -0.0212. The maximum absolute atomic E-state index is 6.06. The predicted octanol–water partition coefficient (Wildman–Crippen LogP) is 2.96. The predicted molar refractivity (Wildman–Crippen MR) is 91.5 cm³/mol. The van der Waals surface area contributed by atoms with E-state index in [1.165, 1.54) is 17.5 Å². The normalized spacial score (nSPS) is 18.8. The molecule has 5 nitrogen and oxygen atoms in total. The van der Waals surface area contributed by atoms with E-state index in [2.05, 4.69) is 51.4 Å². The first-order valence-electron chi connectivity index (χ1n) is 7.82. The van der Waals surface area contributed by atoms with Gasteiger partial charge in [-0.25, -0.2) is 9.97 Å². The van der Waals surface area contributed by atoms with E-state index in [-0.39, 0.29) is 0 Å². The van der Waals surface area contributed by atoms with Gasteiger partial charge >= 0.3 is 0 Å². The molecule has 122 valence electrons. The molecule has 1 atom stereocenters. The van der Waals surface area contributed by atoms with Crippen molar-refractivity contribution >= 4 is 17.4 Å². The van der Waals surface area contributed by atoms with Crippen molar-refractivity contribution in [1.29, 1.82) is 0 Å². The first-order chi connectivity index (χ1) is 11.2. The van der Waals surface area contributed by atoms with E-state index in [0.717, 1.165) is 26.2 Å². The van der Waals surface area contributed by atoms with Crippen molar-refractivity contribution in [2.75, 3.05) is 25.0 Å². The minimum atomic E-state index is 0.313. The third-order valence-corrected chi connectivity index (χ3v) is 4.13. The SMILES string of the molecule is CC1CN(Cc2cccc(CNc3ncncc3Cl)c2)CCO1. The smallest absolute Gasteiger partial charge is 0.148 e. The summed E-state index contributed by atoms with van der Waals surface area (Å²) in [5, 5.41) is 3.78. The Morgan fingerprint density at radius 2 is 2.26 bits per heavy atom. The Morgan fingerprint density at radius 3 is 3.09 bits per heavy atom. The lowest BCUT2D eigenvalue weighted by atomic mass is 10.1. The molecule has 1 unspecified atom stereocenters. The molecule has 2 heterocycles. The Kier molecular flexibility index (Phi) is 5.43. The van der Waals surface area contributed by atoms with Gasteiger partial charge in [-0.3, -0.25) is 4.90 Å². The highest BCUT2D eigenvalue weighted by molar-refractivity contribution is 6.32. The number of ether oxygens (including phenoxy) is 1. The molecular formula is C17H21ClN4O. The van der Waals surface area contributed by atoms with Gasteiger partial charge in [-0.1, -0.05) is 35.9 Å². The molecule has 0 aliphatic carbocycles. The standard InChI is InChI=1S/C17H21ClN4O/c1-13-10-22(5-6-23-13)11-15-4-2-3-14(7-15)8-20-17-16(18)9-19-12-21-17/h2-4,7,9,12-13H,5-6,8,10-11H2,1H3,(H,19,20,21).